The molecule has 1 fully saturated rings. The Morgan fingerprint density at radius 3 is 2.33 bits per heavy atom. The van der Waals surface area contributed by atoms with E-state index in [1.807, 2.05) is 0 Å². The Morgan fingerprint density at radius 1 is 1.22 bits per heavy atom. The summed E-state index contributed by atoms with van der Waals surface area (Å²) < 4.78 is 0. The van der Waals surface area contributed by atoms with E-state index in [0.29, 0.717) is 11.2 Å². The smallest absolute Gasteiger partial charge is 0.0831 e. The van der Waals surface area contributed by atoms with E-state index in [4.69, 9.17) is 5.73 Å². The van der Waals surface area contributed by atoms with Crippen LogP contribution in [0.1, 0.15) is 52.4 Å². The zero-order valence-electron chi connectivity index (χ0n) is 11.7. The van der Waals surface area contributed by atoms with Crippen LogP contribution in [0.15, 0.2) is 0 Å². The van der Waals surface area contributed by atoms with Crippen molar-refractivity contribution in [1.82, 2.24) is 0 Å². The van der Waals surface area contributed by atoms with Crippen molar-refractivity contribution in [2.24, 2.45) is 11.7 Å². The molecule has 4 heteroatoms. The minimum absolute atomic E-state index is 0.00236. The molecule has 0 aromatic rings. The van der Waals surface area contributed by atoms with Crippen LogP contribution in [0.2, 0.25) is 0 Å². The highest BCUT2D eigenvalue weighted by molar-refractivity contribution is 8.00. The summed E-state index contributed by atoms with van der Waals surface area (Å²) in [7, 11) is 0. The van der Waals surface area contributed by atoms with Gasteiger partial charge in [-0.1, -0.05) is 46.0 Å². The number of thioether (sulfide) groups is 1. The van der Waals surface area contributed by atoms with Gasteiger partial charge in [-0.05, 0) is 17.6 Å². The van der Waals surface area contributed by atoms with E-state index in [1.165, 1.54) is 32.1 Å². The van der Waals surface area contributed by atoms with Crippen molar-refractivity contribution in [3.8, 4) is 0 Å². The van der Waals surface area contributed by atoms with Gasteiger partial charge in [-0.3, -0.25) is 0 Å². The van der Waals surface area contributed by atoms with E-state index < -0.39 is 6.10 Å². The minimum atomic E-state index is -0.593. The Morgan fingerprint density at radius 2 is 1.83 bits per heavy atom. The lowest BCUT2D eigenvalue weighted by Gasteiger charge is -2.31. The summed E-state index contributed by atoms with van der Waals surface area (Å²) in [6.45, 7) is 4.15. The van der Waals surface area contributed by atoms with E-state index in [-0.39, 0.29) is 17.9 Å². The molecule has 1 aliphatic carbocycles. The molecule has 4 N–H and O–H groups in total. The lowest BCUT2D eigenvalue weighted by atomic mass is 9.83. The maximum absolute atomic E-state index is 10.3. The Hall–Kier alpha value is 0.230. The molecule has 1 rings (SSSR count). The molecule has 1 saturated carbocycles. The van der Waals surface area contributed by atoms with Crippen molar-refractivity contribution < 1.29 is 10.2 Å². The summed E-state index contributed by atoms with van der Waals surface area (Å²) in [6, 6.07) is -0.198. The first-order valence-electron chi connectivity index (χ1n) is 7.24. The molecule has 1 aliphatic rings. The molecule has 0 aromatic carbocycles. The molecule has 0 aromatic heterocycles. The molecule has 0 bridgehead atoms. The van der Waals surface area contributed by atoms with Crippen LogP contribution in [0.25, 0.3) is 0 Å². The largest absolute Gasteiger partial charge is 0.395 e. The molecule has 0 radical (unpaired) electrons. The third kappa shape index (κ3) is 5.47. The molecule has 0 saturated heterocycles. The van der Waals surface area contributed by atoms with Gasteiger partial charge in [-0.2, -0.15) is 11.8 Å². The van der Waals surface area contributed by atoms with Gasteiger partial charge >= 0.3 is 0 Å². The normalized spacial score (nSPS) is 23.0. The summed E-state index contributed by atoms with van der Waals surface area (Å²) in [5.74, 6) is 0.673. The molecule has 0 heterocycles. The summed E-state index contributed by atoms with van der Waals surface area (Å²) >= 11 is 1.62. The molecular formula is C14H29NO2S. The SMILES string of the molecule is CC(C)SC(CO)C(O)C(N)CC1CCCCC1. The van der Waals surface area contributed by atoms with Crippen molar-refractivity contribution in [2.45, 2.75) is 75.0 Å². The Labute approximate surface area is 116 Å². The molecule has 3 nitrogen and oxygen atoms in total. The Balaban J connectivity index is 2.39. The van der Waals surface area contributed by atoms with Gasteiger partial charge in [0.05, 0.1) is 18.0 Å². The first kappa shape index (κ1) is 16.3. The van der Waals surface area contributed by atoms with Gasteiger partial charge in [0.25, 0.3) is 0 Å². The topological polar surface area (TPSA) is 66.5 Å². The van der Waals surface area contributed by atoms with E-state index in [1.54, 1.807) is 11.8 Å². The standard InChI is InChI=1S/C14H29NO2S/c1-10(2)18-13(9-16)14(17)12(15)8-11-6-4-3-5-7-11/h10-14,16-17H,3-9,15H2,1-2H3. The van der Waals surface area contributed by atoms with Crippen molar-refractivity contribution in [1.29, 1.82) is 0 Å². The fourth-order valence-electron chi connectivity index (χ4n) is 2.80. The van der Waals surface area contributed by atoms with Crippen LogP contribution in [0.5, 0.6) is 0 Å². The van der Waals surface area contributed by atoms with E-state index in [9.17, 15) is 10.2 Å². The monoisotopic (exact) mass is 275 g/mol. The van der Waals surface area contributed by atoms with Gasteiger partial charge in [0.2, 0.25) is 0 Å². The molecular weight excluding hydrogens is 246 g/mol. The highest BCUT2D eigenvalue weighted by Crippen LogP contribution is 2.29. The van der Waals surface area contributed by atoms with E-state index in [2.05, 4.69) is 13.8 Å². The number of hydrogen-bond acceptors (Lipinski definition) is 4. The molecule has 3 atom stereocenters. The number of aliphatic hydroxyl groups is 2. The predicted octanol–water partition coefficient (Wildman–Crippen LogP) is 2.15. The van der Waals surface area contributed by atoms with E-state index in [0.717, 1.165) is 6.42 Å². The van der Waals surface area contributed by atoms with Crippen molar-refractivity contribution in [2.75, 3.05) is 6.61 Å². The average molecular weight is 275 g/mol. The van der Waals surface area contributed by atoms with Crippen molar-refractivity contribution >= 4 is 11.8 Å². The van der Waals surface area contributed by atoms with Crippen LogP contribution in [-0.4, -0.2) is 39.5 Å². The van der Waals surface area contributed by atoms with Gasteiger partial charge in [0.15, 0.2) is 0 Å². The highest BCUT2D eigenvalue weighted by atomic mass is 32.2. The summed E-state index contributed by atoms with van der Waals surface area (Å²) in [4.78, 5) is 0. The van der Waals surface area contributed by atoms with Crippen molar-refractivity contribution in [3.63, 3.8) is 0 Å². The number of aliphatic hydroxyl groups excluding tert-OH is 2. The molecule has 3 unspecified atom stereocenters. The first-order valence-corrected chi connectivity index (χ1v) is 8.18. The van der Waals surface area contributed by atoms with Crippen LogP contribution in [0.3, 0.4) is 0 Å². The molecule has 18 heavy (non-hydrogen) atoms. The summed E-state index contributed by atoms with van der Waals surface area (Å²) in [6.07, 6.45) is 6.76. The Bertz CT molecular complexity index is 220. The highest BCUT2D eigenvalue weighted by Gasteiger charge is 2.28. The minimum Gasteiger partial charge on any atom is -0.395 e. The lowest BCUT2D eigenvalue weighted by molar-refractivity contribution is 0.103. The number of rotatable bonds is 7. The van der Waals surface area contributed by atoms with E-state index >= 15 is 0 Å². The zero-order chi connectivity index (χ0) is 13.5. The number of hydrogen-bond donors (Lipinski definition) is 3. The predicted molar refractivity (Wildman–Crippen MR) is 78.8 cm³/mol. The van der Waals surface area contributed by atoms with Crippen LogP contribution in [-0.2, 0) is 0 Å². The Kier molecular flexibility index (Phi) is 7.61. The number of nitrogens with two attached hydrogens (primary N) is 1. The summed E-state index contributed by atoms with van der Waals surface area (Å²) in [5, 5.41) is 19.9. The third-order valence-corrected chi connectivity index (χ3v) is 5.10. The van der Waals surface area contributed by atoms with Gasteiger partial charge in [0.1, 0.15) is 0 Å². The maximum Gasteiger partial charge on any atom is 0.0831 e. The van der Waals surface area contributed by atoms with Crippen LogP contribution in [0, 0.1) is 5.92 Å². The summed E-state index contributed by atoms with van der Waals surface area (Å²) in [5.41, 5.74) is 6.13. The fourth-order valence-corrected chi connectivity index (χ4v) is 3.95. The maximum atomic E-state index is 10.3. The second-order valence-electron chi connectivity index (χ2n) is 5.80. The van der Waals surface area contributed by atoms with Crippen LogP contribution < -0.4 is 5.73 Å². The molecule has 108 valence electrons. The average Bonchev–Trinajstić information content (AvgIpc) is 2.36. The van der Waals surface area contributed by atoms with Crippen molar-refractivity contribution in [3.05, 3.63) is 0 Å². The van der Waals surface area contributed by atoms with Gasteiger partial charge in [-0.15, -0.1) is 0 Å². The third-order valence-electron chi connectivity index (χ3n) is 3.78. The van der Waals surface area contributed by atoms with Gasteiger partial charge in [0, 0.05) is 6.04 Å². The van der Waals surface area contributed by atoms with Gasteiger partial charge in [-0.25, -0.2) is 0 Å². The van der Waals surface area contributed by atoms with Crippen LogP contribution in [0.4, 0.5) is 0 Å². The van der Waals surface area contributed by atoms with Crippen LogP contribution >= 0.6 is 11.8 Å². The first-order chi connectivity index (χ1) is 8.54. The second-order valence-corrected chi connectivity index (χ2v) is 7.62. The molecule has 0 aliphatic heterocycles. The van der Waals surface area contributed by atoms with Gasteiger partial charge < -0.3 is 15.9 Å². The lowest BCUT2D eigenvalue weighted by Crippen LogP contribution is -2.44. The molecule has 0 spiro atoms. The second kappa shape index (κ2) is 8.41. The fraction of sp³-hybridized carbons (Fsp3) is 1.00. The quantitative estimate of drug-likeness (QED) is 0.666. The molecule has 0 amide bonds. The zero-order valence-corrected chi connectivity index (χ0v) is 12.5.